The van der Waals surface area contributed by atoms with Crippen LogP contribution < -0.4 is 10.3 Å². The van der Waals surface area contributed by atoms with Gasteiger partial charge in [0.05, 0.1) is 6.20 Å². The van der Waals surface area contributed by atoms with Crippen LogP contribution >= 0.6 is 0 Å². The third kappa shape index (κ3) is 5.22. The Labute approximate surface area is 178 Å². The molecular weight excluding hydrogens is 378 g/mol. The molecule has 0 atom stereocenters. The lowest BCUT2D eigenvalue weighted by Gasteiger charge is -2.28. The van der Waals surface area contributed by atoms with Crippen LogP contribution in [0.2, 0.25) is 0 Å². The van der Waals surface area contributed by atoms with Gasteiger partial charge in [0.2, 0.25) is 5.91 Å². The van der Waals surface area contributed by atoms with Crippen molar-refractivity contribution in [2.75, 3.05) is 6.61 Å². The van der Waals surface area contributed by atoms with Crippen molar-refractivity contribution in [3.05, 3.63) is 42.1 Å². The highest BCUT2D eigenvalue weighted by molar-refractivity contribution is 5.74. The lowest BCUT2D eigenvalue weighted by atomic mass is 9.77. The van der Waals surface area contributed by atoms with E-state index in [1.165, 1.54) is 37.7 Å². The molecule has 2 saturated carbocycles. The zero-order valence-corrected chi connectivity index (χ0v) is 17.6. The van der Waals surface area contributed by atoms with E-state index in [4.69, 9.17) is 10.0 Å². The topological polar surface area (TPSA) is 76.4 Å². The van der Waals surface area contributed by atoms with Crippen molar-refractivity contribution < 1.29 is 14.8 Å². The maximum atomic E-state index is 11.4. The van der Waals surface area contributed by atoms with Crippen molar-refractivity contribution in [3.8, 4) is 11.3 Å². The fourth-order valence-electron chi connectivity index (χ4n) is 5.06. The predicted octanol–water partition coefficient (Wildman–Crippen LogP) is 4.73. The molecule has 1 amide bonds. The summed E-state index contributed by atoms with van der Waals surface area (Å²) < 4.78 is 0. The van der Waals surface area contributed by atoms with Gasteiger partial charge in [-0.1, -0.05) is 48.4 Å². The van der Waals surface area contributed by atoms with E-state index in [0.717, 1.165) is 43.5 Å². The molecule has 6 nitrogen and oxygen atoms in total. The van der Waals surface area contributed by atoms with Gasteiger partial charge in [0.15, 0.2) is 0 Å². The van der Waals surface area contributed by atoms with Gasteiger partial charge >= 0.3 is 0 Å². The van der Waals surface area contributed by atoms with Crippen molar-refractivity contribution in [2.45, 2.75) is 70.1 Å². The number of hydroxylamine groups is 1. The van der Waals surface area contributed by atoms with Crippen molar-refractivity contribution in [1.82, 2.24) is 15.4 Å². The standard InChI is InChI=1S/C24H33N3O3/c28-24(26-29)16-18-6-8-20(9-7-18)21-10-12-22(13-11-21)23-14-15-25-27(23)30-17-19-4-2-1-3-5-19/h10-15,18-20,29H,1-9,16-17H2,(H,26,28). The molecule has 0 radical (unpaired) electrons. The number of benzene rings is 1. The lowest BCUT2D eigenvalue weighted by Crippen LogP contribution is -2.24. The van der Waals surface area contributed by atoms with Crippen molar-refractivity contribution in [3.63, 3.8) is 0 Å². The summed E-state index contributed by atoms with van der Waals surface area (Å²) in [4.78, 5) is 19.1. The molecule has 2 aromatic rings. The average molecular weight is 412 g/mol. The second kappa shape index (κ2) is 10.1. The SMILES string of the molecule is O=C(CC1CCC(c2ccc(-c3ccnn3OCC3CCCCC3)cc2)CC1)NO. The van der Waals surface area contributed by atoms with Crippen LogP contribution in [0.25, 0.3) is 11.3 Å². The molecule has 4 rings (SSSR count). The molecule has 1 aromatic carbocycles. The number of nitrogens with zero attached hydrogens (tertiary/aromatic N) is 2. The van der Waals surface area contributed by atoms with Crippen molar-refractivity contribution in [1.29, 1.82) is 0 Å². The van der Waals surface area contributed by atoms with Gasteiger partial charge in [-0.3, -0.25) is 10.0 Å². The largest absolute Gasteiger partial charge is 0.396 e. The summed E-state index contributed by atoms with van der Waals surface area (Å²) in [5.41, 5.74) is 5.22. The Bertz CT molecular complexity index is 803. The van der Waals surface area contributed by atoms with E-state index in [1.807, 2.05) is 6.07 Å². The number of hydrogen-bond donors (Lipinski definition) is 2. The van der Waals surface area contributed by atoms with Crippen LogP contribution in [-0.2, 0) is 4.79 Å². The van der Waals surface area contributed by atoms with E-state index in [2.05, 4.69) is 29.4 Å². The molecule has 1 aromatic heterocycles. The molecule has 0 unspecified atom stereocenters. The second-order valence-corrected chi connectivity index (χ2v) is 8.97. The third-order valence-electron chi connectivity index (χ3n) is 6.89. The summed E-state index contributed by atoms with van der Waals surface area (Å²) in [6, 6.07) is 10.8. The van der Waals surface area contributed by atoms with E-state index in [9.17, 15) is 4.79 Å². The fraction of sp³-hybridized carbons (Fsp3) is 0.583. The zero-order chi connectivity index (χ0) is 20.8. The van der Waals surface area contributed by atoms with E-state index in [-0.39, 0.29) is 5.91 Å². The maximum Gasteiger partial charge on any atom is 0.243 e. The molecular formula is C24H33N3O3. The predicted molar refractivity (Wildman–Crippen MR) is 115 cm³/mol. The molecule has 0 aliphatic heterocycles. The fourth-order valence-corrected chi connectivity index (χ4v) is 5.06. The molecule has 0 saturated heterocycles. The van der Waals surface area contributed by atoms with Crippen LogP contribution in [0.4, 0.5) is 0 Å². The average Bonchev–Trinajstić information content (AvgIpc) is 3.27. The van der Waals surface area contributed by atoms with E-state index < -0.39 is 0 Å². The Balaban J connectivity index is 1.33. The van der Waals surface area contributed by atoms with Crippen LogP contribution in [0.1, 0.15) is 75.7 Å². The smallest absolute Gasteiger partial charge is 0.243 e. The first-order valence-electron chi connectivity index (χ1n) is 11.4. The minimum Gasteiger partial charge on any atom is -0.396 e. The van der Waals surface area contributed by atoms with Gasteiger partial charge in [-0.2, -0.15) is 0 Å². The third-order valence-corrected chi connectivity index (χ3v) is 6.89. The molecule has 2 aliphatic carbocycles. The molecule has 0 spiro atoms. The first-order valence-corrected chi connectivity index (χ1v) is 11.4. The molecule has 162 valence electrons. The second-order valence-electron chi connectivity index (χ2n) is 8.97. The highest BCUT2D eigenvalue weighted by Gasteiger charge is 2.24. The van der Waals surface area contributed by atoms with Crippen LogP contribution in [0.3, 0.4) is 0 Å². The van der Waals surface area contributed by atoms with Crippen LogP contribution in [0, 0.1) is 11.8 Å². The van der Waals surface area contributed by atoms with E-state index in [1.54, 1.807) is 16.5 Å². The van der Waals surface area contributed by atoms with Crippen molar-refractivity contribution >= 4 is 5.91 Å². The van der Waals surface area contributed by atoms with Crippen LogP contribution in [0.15, 0.2) is 36.5 Å². The zero-order valence-electron chi connectivity index (χ0n) is 17.6. The highest BCUT2D eigenvalue weighted by atomic mass is 16.7. The summed E-state index contributed by atoms with van der Waals surface area (Å²) >= 11 is 0. The number of carbonyl (C=O) groups is 1. The summed E-state index contributed by atoms with van der Waals surface area (Å²) in [5, 5.41) is 13.1. The first kappa shape index (κ1) is 20.9. The van der Waals surface area contributed by atoms with Gasteiger partial charge in [0.1, 0.15) is 12.3 Å². The molecule has 2 fully saturated rings. The Hall–Kier alpha value is -2.34. The molecule has 30 heavy (non-hydrogen) atoms. The number of nitrogens with one attached hydrogen (secondary N) is 1. The normalized spacial score (nSPS) is 22.6. The monoisotopic (exact) mass is 411 g/mol. The van der Waals surface area contributed by atoms with Gasteiger partial charge in [-0.05, 0) is 67.9 Å². The number of aromatic nitrogens is 2. The van der Waals surface area contributed by atoms with E-state index in [0.29, 0.717) is 24.2 Å². The Morgan fingerprint density at radius 3 is 2.43 bits per heavy atom. The minimum absolute atomic E-state index is 0.273. The molecule has 6 heteroatoms. The molecule has 0 bridgehead atoms. The Kier molecular flexibility index (Phi) is 7.05. The van der Waals surface area contributed by atoms with Crippen LogP contribution in [0.5, 0.6) is 0 Å². The summed E-state index contributed by atoms with van der Waals surface area (Å²) in [5.74, 6) is 1.30. The number of carbonyl (C=O) groups excluding carboxylic acids is 1. The lowest BCUT2D eigenvalue weighted by molar-refractivity contribution is -0.130. The van der Waals surface area contributed by atoms with Gasteiger partial charge in [0.25, 0.3) is 0 Å². The summed E-state index contributed by atoms with van der Waals surface area (Å²) in [7, 11) is 0. The van der Waals surface area contributed by atoms with Gasteiger partial charge in [-0.15, -0.1) is 5.10 Å². The number of rotatable bonds is 7. The van der Waals surface area contributed by atoms with Gasteiger partial charge < -0.3 is 4.84 Å². The van der Waals surface area contributed by atoms with Crippen molar-refractivity contribution in [2.24, 2.45) is 11.8 Å². The number of amides is 1. The molecule has 1 heterocycles. The summed E-state index contributed by atoms with van der Waals surface area (Å²) in [6.07, 6.45) is 13.0. The van der Waals surface area contributed by atoms with Crippen LogP contribution in [-0.4, -0.2) is 27.7 Å². The summed E-state index contributed by atoms with van der Waals surface area (Å²) in [6.45, 7) is 0.740. The first-order chi connectivity index (χ1) is 14.7. The Morgan fingerprint density at radius 1 is 1.00 bits per heavy atom. The minimum atomic E-state index is -0.273. The van der Waals surface area contributed by atoms with Gasteiger partial charge in [0, 0.05) is 12.0 Å². The number of hydrogen-bond acceptors (Lipinski definition) is 4. The Morgan fingerprint density at radius 2 is 1.73 bits per heavy atom. The quantitative estimate of drug-likeness (QED) is 0.510. The van der Waals surface area contributed by atoms with Gasteiger partial charge in [-0.25, -0.2) is 5.48 Å². The molecule has 2 aliphatic rings. The molecule has 2 N–H and O–H groups in total. The maximum absolute atomic E-state index is 11.4. The highest BCUT2D eigenvalue weighted by Crippen LogP contribution is 2.37. The van der Waals surface area contributed by atoms with E-state index >= 15 is 0 Å².